The van der Waals surface area contributed by atoms with Crippen LogP contribution in [0.3, 0.4) is 0 Å². The largest absolute Gasteiger partial charge is 0.394 e. The lowest BCUT2D eigenvalue weighted by molar-refractivity contribution is -0.127. The summed E-state index contributed by atoms with van der Waals surface area (Å²) in [6.45, 7) is 1.65. The average Bonchev–Trinajstić information content (AvgIpc) is 3.73. The summed E-state index contributed by atoms with van der Waals surface area (Å²) in [7, 11) is 0. The van der Waals surface area contributed by atoms with Crippen LogP contribution in [0.1, 0.15) is 35.8 Å². The molecule has 0 spiro atoms. The van der Waals surface area contributed by atoms with Crippen LogP contribution in [-0.4, -0.2) is 90.9 Å². The normalized spacial score (nSPS) is 22.1. The van der Waals surface area contributed by atoms with Crippen molar-refractivity contribution < 1.29 is 24.5 Å². The zero-order valence-electron chi connectivity index (χ0n) is 23.0. The molecular formula is C30H33N7O5. The fraction of sp³-hybridized carbons (Fsp3) is 0.367. The number of likely N-dealkylation sites (tertiary alicyclic amines) is 1. The topological polar surface area (TPSA) is 155 Å². The molecule has 2 fully saturated rings. The molecule has 2 aromatic carbocycles. The second-order valence-electron chi connectivity index (χ2n) is 10.5. The van der Waals surface area contributed by atoms with Crippen molar-refractivity contribution in [3.8, 4) is 11.1 Å². The molecule has 0 aliphatic carbocycles. The number of aliphatic hydroxyl groups excluding tert-OH is 2. The number of hydrogen-bond acceptors (Lipinski definition) is 9. The lowest BCUT2D eigenvalue weighted by Crippen LogP contribution is -2.46. The summed E-state index contributed by atoms with van der Waals surface area (Å²) in [6, 6.07) is 16.2. The summed E-state index contributed by atoms with van der Waals surface area (Å²) >= 11 is 0. The third-order valence-electron chi connectivity index (χ3n) is 7.80. The van der Waals surface area contributed by atoms with Gasteiger partial charge in [0.2, 0.25) is 5.91 Å². The van der Waals surface area contributed by atoms with E-state index in [4.69, 9.17) is 4.74 Å². The van der Waals surface area contributed by atoms with Crippen LogP contribution in [0.5, 0.6) is 0 Å². The van der Waals surface area contributed by atoms with Crippen LogP contribution in [0.15, 0.2) is 67.3 Å². The summed E-state index contributed by atoms with van der Waals surface area (Å²) in [5, 5.41) is 27.0. The second kappa shape index (κ2) is 12.2. The molecule has 4 aromatic rings. The minimum absolute atomic E-state index is 0.198. The van der Waals surface area contributed by atoms with E-state index in [1.807, 2.05) is 47.4 Å². The monoisotopic (exact) mass is 571 g/mol. The van der Waals surface area contributed by atoms with Gasteiger partial charge in [-0.1, -0.05) is 42.5 Å². The molecule has 0 radical (unpaired) electrons. The SMILES string of the molecule is O=C(N[C@@H]1[C@H](O)[C@@H](CO)O[C@H]1n1cnc2c(NCCCN3CCCC3=O)ncnc21)c1ccc(-c2ccccc2)cc1. The Morgan fingerprint density at radius 3 is 2.57 bits per heavy atom. The number of imidazole rings is 1. The number of rotatable bonds is 10. The standard InChI is InChI=1S/C30H33N7O5/c38-16-22-26(40)24(35-29(41)21-11-9-20(10-12-21)19-6-2-1-3-7-19)30(42-22)37-18-34-25-27(32-17-33-28(25)37)31-13-5-15-36-14-4-8-23(36)39/h1-3,6-7,9-12,17-18,22,24,26,30,38,40H,4-5,8,13-16H2,(H,35,41)(H,31,32,33)/t22-,24-,26-,30-/m1/s1. The first-order valence-electron chi connectivity index (χ1n) is 14.1. The molecule has 4 heterocycles. The van der Waals surface area contributed by atoms with Gasteiger partial charge in [-0.2, -0.15) is 0 Å². The van der Waals surface area contributed by atoms with Crippen molar-refractivity contribution in [3.63, 3.8) is 0 Å². The summed E-state index contributed by atoms with van der Waals surface area (Å²) in [5.41, 5.74) is 3.40. The van der Waals surface area contributed by atoms with Crippen molar-refractivity contribution in [2.75, 3.05) is 31.6 Å². The lowest BCUT2D eigenvalue weighted by atomic mass is 10.0. The molecule has 2 aliphatic heterocycles. The molecule has 2 aliphatic rings. The van der Waals surface area contributed by atoms with E-state index in [9.17, 15) is 19.8 Å². The van der Waals surface area contributed by atoms with Crippen LogP contribution < -0.4 is 10.6 Å². The van der Waals surface area contributed by atoms with Crippen molar-refractivity contribution in [2.45, 2.75) is 43.7 Å². The van der Waals surface area contributed by atoms with Crippen molar-refractivity contribution in [2.24, 2.45) is 0 Å². The van der Waals surface area contributed by atoms with Gasteiger partial charge in [0.05, 0.1) is 12.9 Å². The van der Waals surface area contributed by atoms with Crippen molar-refractivity contribution in [3.05, 3.63) is 72.8 Å². The molecule has 2 amide bonds. The minimum Gasteiger partial charge on any atom is -0.394 e. The Hall–Kier alpha value is -4.39. The summed E-state index contributed by atoms with van der Waals surface area (Å²) in [6.07, 6.45) is 2.26. The zero-order chi connectivity index (χ0) is 29.1. The first kappa shape index (κ1) is 27.8. The van der Waals surface area contributed by atoms with Crippen molar-refractivity contribution in [1.82, 2.24) is 29.7 Å². The summed E-state index contributed by atoms with van der Waals surface area (Å²) in [4.78, 5) is 40.2. The molecule has 2 aromatic heterocycles. The predicted octanol–water partition coefficient (Wildman–Crippen LogP) is 1.97. The molecule has 12 heteroatoms. The first-order chi connectivity index (χ1) is 20.5. The number of ether oxygens (including phenoxy) is 1. The van der Waals surface area contributed by atoms with Gasteiger partial charge in [0.15, 0.2) is 23.2 Å². The van der Waals surface area contributed by atoms with E-state index in [1.54, 1.807) is 16.7 Å². The van der Waals surface area contributed by atoms with Gasteiger partial charge in [-0.05, 0) is 36.1 Å². The Morgan fingerprint density at radius 1 is 1.05 bits per heavy atom. The number of fused-ring (bicyclic) bond motifs is 1. The van der Waals surface area contributed by atoms with E-state index < -0.39 is 31.1 Å². The fourth-order valence-electron chi connectivity index (χ4n) is 5.55. The highest BCUT2D eigenvalue weighted by Gasteiger charge is 2.46. The van der Waals surface area contributed by atoms with E-state index in [0.29, 0.717) is 42.1 Å². The number of amides is 2. The van der Waals surface area contributed by atoms with E-state index in [2.05, 4.69) is 25.6 Å². The van der Waals surface area contributed by atoms with Crippen LogP contribution in [0.4, 0.5) is 5.82 Å². The van der Waals surface area contributed by atoms with Gasteiger partial charge in [0, 0.05) is 31.6 Å². The van der Waals surface area contributed by atoms with Gasteiger partial charge in [-0.25, -0.2) is 15.0 Å². The van der Waals surface area contributed by atoms with E-state index in [-0.39, 0.29) is 11.8 Å². The molecule has 0 bridgehead atoms. The molecule has 0 unspecified atom stereocenters. The van der Waals surface area contributed by atoms with Gasteiger partial charge < -0.3 is 30.5 Å². The van der Waals surface area contributed by atoms with Crippen LogP contribution in [0.25, 0.3) is 22.3 Å². The van der Waals surface area contributed by atoms with Gasteiger partial charge >= 0.3 is 0 Å². The molecular weight excluding hydrogens is 538 g/mol. The highest BCUT2D eigenvalue weighted by Crippen LogP contribution is 2.32. The molecule has 12 nitrogen and oxygen atoms in total. The Balaban J connectivity index is 1.17. The second-order valence-corrected chi connectivity index (χ2v) is 10.5. The number of nitrogens with zero attached hydrogens (tertiary/aromatic N) is 5. The van der Waals surface area contributed by atoms with Crippen LogP contribution >= 0.6 is 0 Å². The molecule has 4 atom stereocenters. The average molecular weight is 572 g/mol. The van der Waals surface area contributed by atoms with Gasteiger partial charge in [-0.15, -0.1) is 0 Å². The number of aliphatic hydroxyl groups is 2. The third-order valence-corrected chi connectivity index (χ3v) is 7.80. The van der Waals surface area contributed by atoms with Crippen LogP contribution in [0, 0.1) is 0 Å². The number of carbonyl (C=O) groups excluding carboxylic acids is 2. The van der Waals surface area contributed by atoms with Crippen molar-refractivity contribution in [1.29, 1.82) is 0 Å². The summed E-state index contributed by atoms with van der Waals surface area (Å²) in [5.74, 6) is 0.343. The highest BCUT2D eigenvalue weighted by molar-refractivity contribution is 5.95. The van der Waals surface area contributed by atoms with E-state index in [1.165, 1.54) is 12.7 Å². The smallest absolute Gasteiger partial charge is 0.251 e. The molecule has 42 heavy (non-hydrogen) atoms. The minimum atomic E-state index is -1.17. The van der Waals surface area contributed by atoms with Crippen LogP contribution in [-0.2, 0) is 9.53 Å². The Labute approximate surface area is 242 Å². The Kier molecular flexibility index (Phi) is 8.08. The molecule has 0 saturated carbocycles. The number of carbonyl (C=O) groups is 2. The zero-order valence-corrected chi connectivity index (χ0v) is 23.0. The van der Waals surface area contributed by atoms with Gasteiger partial charge in [0.25, 0.3) is 5.91 Å². The molecule has 6 rings (SSSR count). The Morgan fingerprint density at radius 2 is 1.83 bits per heavy atom. The lowest BCUT2D eigenvalue weighted by Gasteiger charge is -2.23. The number of hydrogen-bond donors (Lipinski definition) is 4. The van der Waals surface area contributed by atoms with E-state index >= 15 is 0 Å². The first-order valence-corrected chi connectivity index (χ1v) is 14.1. The number of anilines is 1. The number of benzene rings is 2. The highest BCUT2D eigenvalue weighted by atomic mass is 16.5. The van der Waals surface area contributed by atoms with Crippen molar-refractivity contribution >= 4 is 28.8 Å². The maximum Gasteiger partial charge on any atom is 0.251 e. The number of nitrogens with one attached hydrogen (secondary N) is 2. The number of aromatic nitrogens is 4. The molecule has 2 saturated heterocycles. The van der Waals surface area contributed by atoms with Gasteiger partial charge in [-0.3, -0.25) is 14.2 Å². The van der Waals surface area contributed by atoms with E-state index in [0.717, 1.165) is 30.5 Å². The summed E-state index contributed by atoms with van der Waals surface area (Å²) < 4.78 is 7.63. The molecule has 4 N–H and O–H groups in total. The van der Waals surface area contributed by atoms with Gasteiger partial charge in [0.1, 0.15) is 24.6 Å². The predicted molar refractivity (Wildman–Crippen MR) is 154 cm³/mol. The third kappa shape index (κ3) is 5.56. The molecule has 218 valence electrons. The van der Waals surface area contributed by atoms with Crippen LogP contribution in [0.2, 0.25) is 0 Å². The maximum absolute atomic E-state index is 13.3. The fourth-order valence-corrected chi connectivity index (χ4v) is 5.55. The quantitative estimate of drug-likeness (QED) is 0.209. The Bertz CT molecular complexity index is 1540. The maximum atomic E-state index is 13.3.